The molecule has 5 rings (SSSR count). The van der Waals surface area contributed by atoms with Gasteiger partial charge in [0.15, 0.2) is 11.5 Å². The summed E-state index contributed by atoms with van der Waals surface area (Å²) >= 11 is 0. The second-order valence-corrected chi connectivity index (χ2v) is 8.12. The van der Waals surface area contributed by atoms with Gasteiger partial charge < -0.3 is 19.4 Å². The zero-order chi connectivity index (χ0) is 21.9. The molecule has 1 saturated heterocycles. The van der Waals surface area contributed by atoms with Crippen LogP contribution in [0.3, 0.4) is 0 Å². The smallest absolute Gasteiger partial charge is 0.225 e. The molecule has 0 saturated carbocycles. The van der Waals surface area contributed by atoms with E-state index in [1.807, 2.05) is 55.6 Å². The van der Waals surface area contributed by atoms with E-state index in [0.29, 0.717) is 25.3 Å². The largest absolute Gasteiger partial charge is 0.494 e. The Balaban J connectivity index is 1.30. The molecule has 7 nitrogen and oxygen atoms in total. The van der Waals surface area contributed by atoms with Gasteiger partial charge in [-0.3, -0.25) is 4.79 Å². The molecule has 1 N–H and O–H groups in total. The Kier molecular flexibility index (Phi) is 5.62. The topological polar surface area (TPSA) is 71.8 Å². The first kappa shape index (κ1) is 20.3. The van der Waals surface area contributed by atoms with Crippen LogP contribution in [0.5, 0.6) is 5.75 Å². The maximum absolute atomic E-state index is 12.9. The average molecular weight is 430 g/mol. The van der Waals surface area contributed by atoms with E-state index in [1.165, 1.54) is 0 Å². The van der Waals surface area contributed by atoms with Crippen LogP contribution in [-0.2, 0) is 11.3 Å². The Labute approximate surface area is 187 Å². The third-order valence-electron chi connectivity index (χ3n) is 6.01. The third kappa shape index (κ3) is 3.98. The number of nitrogens with one attached hydrogen (secondary N) is 1. The van der Waals surface area contributed by atoms with Crippen molar-refractivity contribution < 1.29 is 9.53 Å². The van der Waals surface area contributed by atoms with Crippen molar-refractivity contribution in [2.45, 2.75) is 26.3 Å². The number of amides is 1. The molecule has 1 amide bonds. The zero-order valence-electron chi connectivity index (χ0n) is 18.2. The maximum atomic E-state index is 12.9. The van der Waals surface area contributed by atoms with Crippen LogP contribution in [0.15, 0.2) is 60.9 Å². The summed E-state index contributed by atoms with van der Waals surface area (Å²) in [5.74, 6) is 1.77. The van der Waals surface area contributed by atoms with Gasteiger partial charge in [-0.15, -0.1) is 0 Å². The van der Waals surface area contributed by atoms with Gasteiger partial charge in [0.1, 0.15) is 5.75 Å². The number of fused-ring (bicyclic) bond motifs is 3. The molecule has 7 heteroatoms. The number of benzene rings is 1. The lowest BCUT2D eigenvalue weighted by molar-refractivity contribution is -0.125. The van der Waals surface area contributed by atoms with E-state index in [9.17, 15) is 4.79 Å². The molecule has 4 aromatic rings. The van der Waals surface area contributed by atoms with E-state index in [4.69, 9.17) is 9.72 Å². The Morgan fingerprint density at radius 2 is 2.00 bits per heavy atom. The Morgan fingerprint density at radius 3 is 2.84 bits per heavy atom. The molecule has 164 valence electrons. The summed E-state index contributed by atoms with van der Waals surface area (Å²) in [6, 6.07) is 15.9. The van der Waals surface area contributed by atoms with Crippen LogP contribution in [0.2, 0.25) is 0 Å². The van der Waals surface area contributed by atoms with Gasteiger partial charge in [-0.05, 0) is 61.7 Å². The minimum Gasteiger partial charge on any atom is -0.494 e. The molecule has 0 unspecified atom stereocenters. The number of hydrogen-bond acceptors (Lipinski definition) is 5. The Bertz CT molecular complexity index is 1230. The number of nitrogens with zero attached hydrogens (tertiary/aromatic N) is 4. The van der Waals surface area contributed by atoms with Gasteiger partial charge in [-0.1, -0.05) is 12.1 Å². The second-order valence-electron chi connectivity index (χ2n) is 8.12. The second kappa shape index (κ2) is 8.86. The number of anilines is 1. The molecular formula is C25H27N5O2. The van der Waals surface area contributed by atoms with Crippen LogP contribution in [0, 0.1) is 5.92 Å². The highest BCUT2D eigenvalue weighted by Gasteiger charge is 2.28. The zero-order valence-corrected chi connectivity index (χ0v) is 18.2. The van der Waals surface area contributed by atoms with Gasteiger partial charge in [0.2, 0.25) is 5.91 Å². The van der Waals surface area contributed by atoms with Gasteiger partial charge in [-0.25, -0.2) is 9.97 Å². The van der Waals surface area contributed by atoms with Crippen LogP contribution in [0.25, 0.3) is 16.7 Å². The number of carbonyl (C=O) groups excluding carboxylic acids is 1. The minimum atomic E-state index is -0.0670. The Morgan fingerprint density at radius 1 is 1.16 bits per heavy atom. The summed E-state index contributed by atoms with van der Waals surface area (Å²) in [5, 5.41) is 3.11. The lowest BCUT2D eigenvalue weighted by atomic mass is 9.97. The fraction of sp³-hybridized carbons (Fsp3) is 0.320. The number of pyridine rings is 1. The predicted octanol–water partition coefficient (Wildman–Crippen LogP) is 3.81. The van der Waals surface area contributed by atoms with Gasteiger partial charge in [0, 0.05) is 32.0 Å². The standard InChI is InChI=1S/C25H27N5O2/c1-2-32-20-11-9-18(10-12-20)16-27-25(31)19-6-4-14-29(17-19)24-22-8-5-15-30(22)21-7-3-13-26-23(21)28-24/h3,5,7-13,15,19H,2,4,6,14,16-17H2,1H3,(H,27,31)/t19-/m0/s1. The summed E-state index contributed by atoms with van der Waals surface area (Å²) in [6.45, 7) is 4.66. The minimum absolute atomic E-state index is 0.0670. The summed E-state index contributed by atoms with van der Waals surface area (Å²) in [4.78, 5) is 24.5. The van der Waals surface area contributed by atoms with E-state index in [-0.39, 0.29) is 11.8 Å². The van der Waals surface area contributed by atoms with Crippen molar-refractivity contribution >= 4 is 28.4 Å². The number of hydrogen-bond donors (Lipinski definition) is 1. The van der Waals surface area contributed by atoms with Crippen molar-refractivity contribution in [2.24, 2.45) is 5.92 Å². The molecule has 3 aromatic heterocycles. The fourth-order valence-electron chi connectivity index (χ4n) is 4.41. The first-order valence-corrected chi connectivity index (χ1v) is 11.2. The normalized spacial score (nSPS) is 16.4. The van der Waals surface area contributed by atoms with Gasteiger partial charge in [-0.2, -0.15) is 0 Å². The van der Waals surface area contributed by atoms with Crippen molar-refractivity contribution in [1.82, 2.24) is 19.7 Å². The van der Waals surface area contributed by atoms with E-state index in [1.54, 1.807) is 6.20 Å². The van der Waals surface area contributed by atoms with Gasteiger partial charge in [0.05, 0.1) is 23.6 Å². The molecule has 0 bridgehead atoms. The van der Waals surface area contributed by atoms with Crippen LogP contribution in [0.1, 0.15) is 25.3 Å². The fourth-order valence-corrected chi connectivity index (χ4v) is 4.41. The first-order chi connectivity index (χ1) is 15.7. The van der Waals surface area contributed by atoms with Crippen LogP contribution in [-0.4, -0.2) is 40.0 Å². The maximum Gasteiger partial charge on any atom is 0.225 e. The average Bonchev–Trinajstić information content (AvgIpc) is 3.33. The van der Waals surface area contributed by atoms with Gasteiger partial charge in [0.25, 0.3) is 0 Å². The molecule has 4 heterocycles. The van der Waals surface area contributed by atoms with E-state index >= 15 is 0 Å². The van der Waals surface area contributed by atoms with Crippen molar-refractivity contribution in [1.29, 1.82) is 0 Å². The molecule has 1 aromatic carbocycles. The predicted molar refractivity (Wildman–Crippen MR) is 125 cm³/mol. The van der Waals surface area contributed by atoms with Gasteiger partial charge >= 0.3 is 0 Å². The molecule has 1 atom stereocenters. The van der Waals surface area contributed by atoms with E-state index in [0.717, 1.165) is 47.6 Å². The number of ether oxygens (including phenoxy) is 1. The Hall–Kier alpha value is -3.61. The summed E-state index contributed by atoms with van der Waals surface area (Å²) in [6.07, 6.45) is 5.64. The van der Waals surface area contributed by atoms with Crippen molar-refractivity contribution in [3.05, 3.63) is 66.5 Å². The molecule has 1 aliphatic heterocycles. The highest BCUT2D eigenvalue weighted by atomic mass is 16.5. The molecule has 0 spiro atoms. The molecule has 1 fully saturated rings. The SMILES string of the molecule is CCOc1ccc(CNC(=O)[C@H]2CCCN(c3nc4ncccc4n4cccc34)C2)cc1. The van der Waals surface area contributed by atoms with E-state index < -0.39 is 0 Å². The highest BCUT2D eigenvalue weighted by Crippen LogP contribution is 2.28. The lowest BCUT2D eigenvalue weighted by Gasteiger charge is -2.33. The molecular weight excluding hydrogens is 402 g/mol. The molecule has 32 heavy (non-hydrogen) atoms. The van der Waals surface area contributed by atoms with Crippen molar-refractivity contribution in [3.8, 4) is 5.75 Å². The summed E-state index contributed by atoms with van der Waals surface area (Å²) < 4.78 is 7.61. The first-order valence-electron chi connectivity index (χ1n) is 11.2. The van der Waals surface area contributed by atoms with Crippen molar-refractivity contribution in [2.75, 3.05) is 24.6 Å². The summed E-state index contributed by atoms with van der Waals surface area (Å²) in [7, 11) is 0. The number of aromatic nitrogens is 3. The lowest BCUT2D eigenvalue weighted by Crippen LogP contribution is -2.43. The third-order valence-corrected chi connectivity index (χ3v) is 6.01. The molecule has 0 aliphatic carbocycles. The van der Waals surface area contributed by atoms with Crippen LogP contribution >= 0.6 is 0 Å². The summed E-state index contributed by atoms with van der Waals surface area (Å²) in [5.41, 5.74) is 3.80. The van der Waals surface area contributed by atoms with Crippen molar-refractivity contribution in [3.63, 3.8) is 0 Å². The number of piperidine rings is 1. The number of rotatable bonds is 6. The quantitative estimate of drug-likeness (QED) is 0.505. The molecule has 1 aliphatic rings. The van der Waals surface area contributed by atoms with Crippen LogP contribution < -0.4 is 15.0 Å². The van der Waals surface area contributed by atoms with Crippen LogP contribution in [0.4, 0.5) is 5.82 Å². The molecule has 0 radical (unpaired) electrons. The number of carbonyl (C=O) groups is 1. The highest BCUT2D eigenvalue weighted by molar-refractivity contribution is 5.84. The van der Waals surface area contributed by atoms with E-state index in [2.05, 4.69) is 25.7 Å². The monoisotopic (exact) mass is 429 g/mol.